The van der Waals surface area contributed by atoms with Gasteiger partial charge >= 0.3 is 6.03 Å². The SMILES string of the molecule is O=C(NCC1(CO)CC1)NC1CCN(CCc2ccncc2)CC1. The highest BCUT2D eigenvalue weighted by Crippen LogP contribution is 2.44. The monoisotopic (exact) mass is 332 g/mol. The van der Waals surface area contributed by atoms with Gasteiger partial charge in [0.05, 0.1) is 6.61 Å². The summed E-state index contributed by atoms with van der Waals surface area (Å²) >= 11 is 0. The second-order valence-corrected chi connectivity index (χ2v) is 7.21. The topological polar surface area (TPSA) is 77.5 Å². The van der Waals surface area contributed by atoms with Gasteiger partial charge in [0.15, 0.2) is 0 Å². The van der Waals surface area contributed by atoms with E-state index in [9.17, 15) is 9.90 Å². The highest BCUT2D eigenvalue weighted by Gasteiger charge is 2.42. The normalized spacial score (nSPS) is 20.5. The van der Waals surface area contributed by atoms with Crippen molar-refractivity contribution in [2.24, 2.45) is 5.41 Å². The molecule has 0 bridgehead atoms. The summed E-state index contributed by atoms with van der Waals surface area (Å²) in [6.45, 7) is 3.86. The predicted octanol–water partition coefficient (Wildman–Crippen LogP) is 1.16. The molecule has 2 amide bonds. The third kappa shape index (κ3) is 4.92. The highest BCUT2D eigenvalue weighted by atomic mass is 16.3. The van der Waals surface area contributed by atoms with Crippen LogP contribution in [0.25, 0.3) is 0 Å². The van der Waals surface area contributed by atoms with Gasteiger partial charge in [-0.25, -0.2) is 4.79 Å². The molecule has 0 spiro atoms. The van der Waals surface area contributed by atoms with Crippen LogP contribution in [0.1, 0.15) is 31.2 Å². The van der Waals surface area contributed by atoms with Gasteiger partial charge in [0, 0.05) is 50.0 Å². The summed E-state index contributed by atoms with van der Waals surface area (Å²) in [7, 11) is 0. The summed E-state index contributed by atoms with van der Waals surface area (Å²) in [4.78, 5) is 18.5. The lowest BCUT2D eigenvalue weighted by molar-refractivity contribution is 0.187. The summed E-state index contributed by atoms with van der Waals surface area (Å²) in [6, 6.07) is 4.30. The second-order valence-electron chi connectivity index (χ2n) is 7.21. The molecule has 1 aromatic rings. The fourth-order valence-electron chi connectivity index (χ4n) is 3.21. The minimum absolute atomic E-state index is 0.0341. The molecule has 6 nitrogen and oxygen atoms in total. The standard InChI is InChI=1S/C18H28N4O2/c23-14-18(6-7-18)13-20-17(24)21-16-4-11-22(12-5-16)10-3-15-1-8-19-9-2-15/h1-2,8-9,16,23H,3-7,10-14H2,(H2,20,21,24). The quantitative estimate of drug-likeness (QED) is 0.700. The molecule has 0 atom stereocenters. The number of rotatable bonds is 7. The smallest absolute Gasteiger partial charge is 0.315 e. The lowest BCUT2D eigenvalue weighted by atomic mass is 10.0. The van der Waals surface area contributed by atoms with Gasteiger partial charge in [-0.05, 0) is 49.8 Å². The molecule has 6 heteroatoms. The number of likely N-dealkylation sites (tertiary alicyclic amines) is 1. The molecule has 3 N–H and O–H groups in total. The zero-order valence-electron chi connectivity index (χ0n) is 14.2. The Balaban J connectivity index is 1.31. The van der Waals surface area contributed by atoms with E-state index >= 15 is 0 Å². The van der Waals surface area contributed by atoms with Crippen molar-refractivity contribution in [3.63, 3.8) is 0 Å². The number of hydrogen-bond donors (Lipinski definition) is 3. The summed E-state index contributed by atoms with van der Waals surface area (Å²) < 4.78 is 0. The fourth-order valence-corrected chi connectivity index (χ4v) is 3.21. The van der Waals surface area contributed by atoms with Crippen LogP contribution in [0.2, 0.25) is 0 Å². The lowest BCUT2D eigenvalue weighted by Crippen LogP contribution is -2.49. The van der Waals surface area contributed by atoms with E-state index < -0.39 is 0 Å². The first-order valence-electron chi connectivity index (χ1n) is 8.96. The molecule has 0 unspecified atom stereocenters. The molecule has 1 aliphatic carbocycles. The van der Waals surface area contributed by atoms with E-state index in [-0.39, 0.29) is 24.1 Å². The summed E-state index contributed by atoms with van der Waals surface area (Å²) in [6.07, 6.45) is 8.74. The number of nitrogens with zero attached hydrogens (tertiary/aromatic N) is 2. The van der Waals surface area contributed by atoms with Crippen LogP contribution in [0, 0.1) is 5.41 Å². The Morgan fingerprint density at radius 2 is 2.00 bits per heavy atom. The zero-order chi connectivity index (χ0) is 16.8. The molecule has 2 fully saturated rings. The molecule has 24 heavy (non-hydrogen) atoms. The number of nitrogens with one attached hydrogen (secondary N) is 2. The van der Waals surface area contributed by atoms with Gasteiger partial charge in [-0.15, -0.1) is 0 Å². The first-order valence-corrected chi connectivity index (χ1v) is 8.96. The molecule has 1 saturated carbocycles. The summed E-state index contributed by atoms with van der Waals surface area (Å²) in [5.41, 5.74) is 1.29. The third-order valence-electron chi connectivity index (χ3n) is 5.31. The van der Waals surface area contributed by atoms with E-state index in [1.54, 1.807) is 0 Å². The summed E-state index contributed by atoms with van der Waals surface area (Å²) in [5.74, 6) is 0. The maximum absolute atomic E-state index is 12.0. The Bertz CT molecular complexity index is 525. The molecule has 2 aliphatic rings. The van der Waals surface area contributed by atoms with E-state index in [0.717, 1.165) is 51.7 Å². The number of carbonyl (C=O) groups excluding carboxylic acids is 1. The van der Waals surface area contributed by atoms with Crippen LogP contribution in [-0.4, -0.2) is 59.8 Å². The number of aliphatic hydroxyl groups is 1. The van der Waals surface area contributed by atoms with E-state index in [2.05, 4.69) is 32.7 Å². The van der Waals surface area contributed by atoms with Crippen molar-refractivity contribution in [1.82, 2.24) is 20.5 Å². The first-order chi connectivity index (χ1) is 11.7. The molecule has 2 heterocycles. The zero-order valence-corrected chi connectivity index (χ0v) is 14.2. The number of aromatic nitrogens is 1. The average Bonchev–Trinajstić information content (AvgIpc) is 3.41. The van der Waals surface area contributed by atoms with Crippen LogP contribution >= 0.6 is 0 Å². The van der Waals surface area contributed by atoms with Crippen LogP contribution in [0.3, 0.4) is 0 Å². The van der Waals surface area contributed by atoms with Gasteiger partial charge in [-0.3, -0.25) is 4.98 Å². The number of urea groups is 1. The Kier molecular flexibility index (Phi) is 5.68. The maximum Gasteiger partial charge on any atom is 0.315 e. The van der Waals surface area contributed by atoms with Crippen LogP contribution in [-0.2, 0) is 6.42 Å². The lowest BCUT2D eigenvalue weighted by Gasteiger charge is -2.32. The van der Waals surface area contributed by atoms with Gasteiger partial charge in [0.25, 0.3) is 0 Å². The Morgan fingerprint density at radius 1 is 1.29 bits per heavy atom. The minimum atomic E-state index is -0.0926. The van der Waals surface area contributed by atoms with Gasteiger partial charge in [-0.1, -0.05) is 0 Å². The fraction of sp³-hybridized carbons (Fsp3) is 0.667. The number of aliphatic hydroxyl groups excluding tert-OH is 1. The molecule has 0 radical (unpaired) electrons. The molecule has 1 saturated heterocycles. The van der Waals surface area contributed by atoms with Crippen molar-refractivity contribution < 1.29 is 9.90 Å². The largest absolute Gasteiger partial charge is 0.396 e. The number of amides is 2. The molecular weight excluding hydrogens is 304 g/mol. The van der Waals surface area contributed by atoms with Crippen LogP contribution < -0.4 is 10.6 Å². The molecule has 0 aromatic carbocycles. The third-order valence-corrected chi connectivity index (χ3v) is 5.31. The van der Waals surface area contributed by atoms with E-state index in [1.165, 1.54) is 5.56 Å². The van der Waals surface area contributed by atoms with Crippen LogP contribution in [0.15, 0.2) is 24.5 Å². The Labute approximate surface area is 143 Å². The van der Waals surface area contributed by atoms with Gasteiger partial charge in [0.2, 0.25) is 0 Å². The molecule has 1 aromatic heterocycles. The van der Waals surface area contributed by atoms with Crippen molar-refractivity contribution in [2.45, 2.75) is 38.1 Å². The van der Waals surface area contributed by atoms with Gasteiger partial charge in [-0.2, -0.15) is 0 Å². The van der Waals surface area contributed by atoms with Crippen molar-refractivity contribution >= 4 is 6.03 Å². The molecule has 1 aliphatic heterocycles. The molecule has 132 valence electrons. The van der Waals surface area contributed by atoms with Crippen molar-refractivity contribution in [1.29, 1.82) is 0 Å². The Morgan fingerprint density at radius 3 is 2.62 bits per heavy atom. The van der Waals surface area contributed by atoms with Crippen molar-refractivity contribution in [3.8, 4) is 0 Å². The van der Waals surface area contributed by atoms with Crippen molar-refractivity contribution in [2.75, 3.05) is 32.8 Å². The van der Waals surface area contributed by atoms with Gasteiger partial charge < -0.3 is 20.6 Å². The second kappa shape index (κ2) is 7.94. The van der Waals surface area contributed by atoms with E-state index in [4.69, 9.17) is 0 Å². The minimum Gasteiger partial charge on any atom is -0.396 e. The number of carbonyl (C=O) groups is 1. The Hall–Kier alpha value is -1.66. The van der Waals surface area contributed by atoms with Crippen LogP contribution in [0.5, 0.6) is 0 Å². The summed E-state index contributed by atoms with van der Waals surface area (Å²) in [5, 5.41) is 15.3. The van der Waals surface area contributed by atoms with E-state index in [0.29, 0.717) is 6.54 Å². The number of hydrogen-bond acceptors (Lipinski definition) is 4. The molecule has 3 rings (SSSR count). The highest BCUT2D eigenvalue weighted by molar-refractivity contribution is 5.74. The number of piperidine rings is 1. The van der Waals surface area contributed by atoms with E-state index in [1.807, 2.05) is 12.4 Å². The predicted molar refractivity (Wildman–Crippen MR) is 92.7 cm³/mol. The maximum atomic E-state index is 12.0. The average molecular weight is 332 g/mol. The first kappa shape index (κ1) is 17.2. The van der Waals surface area contributed by atoms with Crippen LogP contribution in [0.4, 0.5) is 4.79 Å². The van der Waals surface area contributed by atoms with Gasteiger partial charge in [0.1, 0.15) is 0 Å². The molecular formula is C18H28N4O2. The van der Waals surface area contributed by atoms with Crippen molar-refractivity contribution in [3.05, 3.63) is 30.1 Å². The number of pyridine rings is 1.